The standard InChI is InChI=1S/2C14H21N.2C13H18FN/c1-11-5-6-13-10-15(14(2,3)4)8-7-12(13)9-11;1-11-5-6-12-7-8-15(14(2,3)4)10-13(12)9-11;1-13(2,3)15-7-6-10-8-12(14)5-4-11(10)9-15;1-13(2,3)15-7-6-10-4-5-12(14)8-11(10)9-15/h2*5-6,9H,7-8,10H2,1-4H3;2*4-5,8H,6-7,9H2,1-3H3. The zero-order valence-corrected chi connectivity index (χ0v) is 40.0. The molecule has 8 rings (SSSR count). The van der Waals surface area contributed by atoms with Crippen LogP contribution in [0.25, 0.3) is 0 Å². The highest BCUT2D eigenvalue weighted by atomic mass is 19.1. The summed E-state index contributed by atoms with van der Waals surface area (Å²) >= 11 is 0. The van der Waals surface area contributed by atoms with E-state index < -0.39 is 0 Å². The fraction of sp³-hybridized carbons (Fsp3) is 0.556. The molecule has 0 amide bonds. The van der Waals surface area contributed by atoms with E-state index >= 15 is 0 Å². The van der Waals surface area contributed by atoms with Crippen LogP contribution >= 0.6 is 0 Å². The van der Waals surface area contributed by atoms with Crippen LogP contribution in [0.1, 0.15) is 139 Å². The van der Waals surface area contributed by atoms with Gasteiger partial charge in [-0.3, -0.25) is 19.6 Å². The molecule has 0 radical (unpaired) electrons. The van der Waals surface area contributed by atoms with Crippen molar-refractivity contribution in [2.24, 2.45) is 0 Å². The summed E-state index contributed by atoms with van der Waals surface area (Å²) in [5.41, 5.74) is 14.8. The molecule has 4 aromatic carbocycles. The lowest BCUT2D eigenvalue weighted by molar-refractivity contribution is 0.120. The number of halogens is 2. The van der Waals surface area contributed by atoms with Crippen LogP contribution in [0.3, 0.4) is 0 Å². The van der Waals surface area contributed by atoms with Crippen molar-refractivity contribution in [1.29, 1.82) is 0 Å². The fourth-order valence-corrected chi connectivity index (χ4v) is 8.71. The Morgan fingerprint density at radius 3 is 1.00 bits per heavy atom. The Morgan fingerprint density at radius 1 is 0.333 bits per heavy atom. The highest BCUT2D eigenvalue weighted by molar-refractivity contribution is 5.35. The monoisotopic (exact) mass is 821 g/mol. The van der Waals surface area contributed by atoms with Gasteiger partial charge < -0.3 is 0 Å². The number of benzene rings is 4. The maximum absolute atomic E-state index is 13.1. The molecule has 0 spiro atoms. The average Bonchev–Trinajstić information content (AvgIpc) is 3.16. The lowest BCUT2D eigenvalue weighted by atomic mass is 9.94. The van der Waals surface area contributed by atoms with Crippen LogP contribution < -0.4 is 0 Å². The molecule has 0 fully saturated rings. The van der Waals surface area contributed by atoms with Gasteiger partial charge in [0.25, 0.3) is 0 Å². The molecular formula is C54H78F2N4. The van der Waals surface area contributed by atoms with E-state index in [9.17, 15) is 8.78 Å². The van der Waals surface area contributed by atoms with Crippen LogP contribution in [0.4, 0.5) is 8.78 Å². The van der Waals surface area contributed by atoms with Crippen molar-refractivity contribution < 1.29 is 8.78 Å². The van der Waals surface area contributed by atoms with Crippen molar-refractivity contribution in [3.05, 3.63) is 140 Å². The number of hydrogen-bond donors (Lipinski definition) is 0. The summed E-state index contributed by atoms with van der Waals surface area (Å²) in [7, 11) is 0. The quantitative estimate of drug-likeness (QED) is 0.175. The molecular weight excluding hydrogens is 743 g/mol. The van der Waals surface area contributed by atoms with Crippen molar-refractivity contribution in [3.8, 4) is 0 Å². The number of hydrogen-bond acceptors (Lipinski definition) is 4. The molecule has 0 atom stereocenters. The highest BCUT2D eigenvalue weighted by Crippen LogP contribution is 2.29. The second-order valence-corrected chi connectivity index (χ2v) is 21.7. The fourth-order valence-electron chi connectivity index (χ4n) is 8.71. The van der Waals surface area contributed by atoms with Crippen LogP contribution in [-0.4, -0.2) is 67.9 Å². The van der Waals surface area contributed by atoms with Crippen LogP contribution in [0.5, 0.6) is 0 Å². The molecule has 0 bridgehead atoms. The minimum absolute atomic E-state index is 0.113. The Hall–Kier alpha value is -3.42. The van der Waals surface area contributed by atoms with Gasteiger partial charge in [-0.25, -0.2) is 8.78 Å². The van der Waals surface area contributed by atoms with E-state index in [1.165, 1.54) is 64.9 Å². The summed E-state index contributed by atoms with van der Waals surface area (Å²) in [6.45, 7) is 40.0. The summed E-state index contributed by atoms with van der Waals surface area (Å²) in [5.74, 6) is -0.234. The number of aryl methyl sites for hydroxylation is 2. The second-order valence-electron chi connectivity index (χ2n) is 21.7. The maximum atomic E-state index is 13.1. The van der Waals surface area contributed by atoms with Crippen LogP contribution in [0.15, 0.2) is 72.8 Å². The van der Waals surface area contributed by atoms with Crippen molar-refractivity contribution in [3.63, 3.8) is 0 Å². The van der Waals surface area contributed by atoms with E-state index in [0.29, 0.717) is 11.1 Å². The maximum Gasteiger partial charge on any atom is 0.123 e. The van der Waals surface area contributed by atoms with Gasteiger partial charge >= 0.3 is 0 Å². The Morgan fingerprint density at radius 2 is 0.600 bits per heavy atom. The normalized spacial score (nSPS) is 17.6. The third kappa shape index (κ3) is 13.3. The molecule has 0 saturated heterocycles. The second kappa shape index (κ2) is 19.3. The van der Waals surface area contributed by atoms with Gasteiger partial charge in [0.1, 0.15) is 11.6 Å². The van der Waals surface area contributed by atoms with E-state index in [4.69, 9.17) is 0 Å². The van der Waals surface area contributed by atoms with Gasteiger partial charge in [-0.1, -0.05) is 59.7 Å². The van der Waals surface area contributed by atoms with Crippen molar-refractivity contribution >= 4 is 0 Å². The third-order valence-corrected chi connectivity index (χ3v) is 12.9. The summed E-state index contributed by atoms with van der Waals surface area (Å²) in [6, 6.07) is 24.0. The molecule has 0 N–H and O–H groups in total. The largest absolute Gasteiger partial charge is 0.294 e. The van der Waals surface area contributed by atoms with Gasteiger partial charge in [-0.15, -0.1) is 0 Å². The molecule has 0 saturated carbocycles. The Labute approximate surface area is 364 Å². The van der Waals surface area contributed by atoms with Crippen molar-refractivity contribution in [1.82, 2.24) is 19.6 Å². The molecule has 6 heteroatoms. The van der Waals surface area contributed by atoms with Gasteiger partial charge in [-0.05, 0) is 191 Å². The predicted molar refractivity (Wildman–Crippen MR) is 251 cm³/mol. The van der Waals surface area contributed by atoms with E-state index in [0.717, 1.165) is 57.7 Å². The minimum Gasteiger partial charge on any atom is -0.294 e. The van der Waals surface area contributed by atoms with Gasteiger partial charge in [-0.2, -0.15) is 0 Å². The first-order valence-corrected chi connectivity index (χ1v) is 22.6. The van der Waals surface area contributed by atoms with Crippen LogP contribution in [0, 0.1) is 25.5 Å². The first-order valence-electron chi connectivity index (χ1n) is 22.6. The molecule has 0 aromatic heterocycles. The molecule has 0 unspecified atom stereocenters. The predicted octanol–water partition coefficient (Wildman–Crippen LogP) is 12.3. The van der Waals surface area contributed by atoms with E-state index in [1.54, 1.807) is 35.4 Å². The van der Waals surface area contributed by atoms with E-state index in [1.807, 2.05) is 12.1 Å². The van der Waals surface area contributed by atoms with Gasteiger partial charge in [0.05, 0.1) is 0 Å². The number of fused-ring (bicyclic) bond motifs is 4. The molecule has 60 heavy (non-hydrogen) atoms. The molecule has 4 aliphatic rings. The average molecular weight is 821 g/mol. The molecule has 328 valence electrons. The van der Waals surface area contributed by atoms with Crippen LogP contribution in [-0.2, 0) is 51.9 Å². The molecule has 4 aliphatic heterocycles. The number of rotatable bonds is 0. The third-order valence-electron chi connectivity index (χ3n) is 12.9. The van der Waals surface area contributed by atoms with E-state index in [2.05, 4.69) is 153 Å². The SMILES string of the molecule is CC(C)(C)N1CCc2cc(F)ccc2C1.CC(C)(C)N1CCc2ccc(F)cc2C1.Cc1ccc2c(c1)CCN(C(C)(C)C)C2.Cc1ccc2c(c1)CN(C(C)(C)C)CC2. The first-order chi connectivity index (χ1) is 27.9. The lowest BCUT2D eigenvalue weighted by Gasteiger charge is -2.39. The topological polar surface area (TPSA) is 13.0 Å². The Balaban J connectivity index is 0.000000152. The van der Waals surface area contributed by atoms with Gasteiger partial charge in [0.15, 0.2) is 0 Å². The molecule has 4 nitrogen and oxygen atoms in total. The first kappa shape index (κ1) is 47.6. The van der Waals surface area contributed by atoms with Crippen molar-refractivity contribution in [2.75, 3.05) is 26.2 Å². The highest BCUT2D eigenvalue weighted by Gasteiger charge is 2.28. The number of nitrogens with zero attached hydrogens (tertiary/aromatic N) is 4. The Bertz CT molecular complexity index is 1890. The lowest BCUT2D eigenvalue weighted by Crippen LogP contribution is -2.44. The smallest absolute Gasteiger partial charge is 0.123 e. The molecule has 4 aromatic rings. The summed E-state index contributed by atoms with van der Waals surface area (Å²) < 4.78 is 26.1. The van der Waals surface area contributed by atoms with Gasteiger partial charge in [0, 0.05) is 74.5 Å². The molecule has 0 aliphatic carbocycles. The summed E-state index contributed by atoms with van der Waals surface area (Å²) in [4.78, 5) is 9.96. The summed E-state index contributed by atoms with van der Waals surface area (Å²) in [5, 5.41) is 0. The Kier molecular flexibility index (Phi) is 15.3. The minimum atomic E-state index is -0.121. The van der Waals surface area contributed by atoms with Crippen molar-refractivity contribution in [2.45, 2.75) is 171 Å². The molecule has 4 heterocycles. The zero-order valence-electron chi connectivity index (χ0n) is 40.0. The summed E-state index contributed by atoms with van der Waals surface area (Å²) in [6.07, 6.45) is 4.40. The zero-order chi connectivity index (χ0) is 44.2. The van der Waals surface area contributed by atoms with E-state index in [-0.39, 0.29) is 22.7 Å². The van der Waals surface area contributed by atoms with Crippen LogP contribution in [0.2, 0.25) is 0 Å². The van der Waals surface area contributed by atoms with Gasteiger partial charge in [0.2, 0.25) is 0 Å².